The molecule has 0 spiro atoms. The molecule has 0 bridgehead atoms. The van der Waals surface area contributed by atoms with Crippen molar-refractivity contribution in [1.82, 2.24) is 16.0 Å². The van der Waals surface area contributed by atoms with Crippen LogP contribution in [0.3, 0.4) is 0 Å². The molecule has 5 unspecified atom stereocenters. The van der Waals surface area contributed by atoms with E-state index in [1.807, 2.05) is 13.8 Å². The van der Waals surface area contributed by atoms with Gasteiger partial charge in [0.2, 0.25) is 17.7 Å². The number of aliphatic carboxylic acids is 1. The molecule has 212 valence electrons. The van der Waals surface area contributed by atoms with Crippen molar-refractivity contribution in [3.8, 4) is 5.75 Å². The first kappa shape index (κ1) is 31.3. The minimum atomic E-state index is -1.28. The van der Waals surface area contributed by atoms with E-state index in [-0.39, 0.29) is 30.9 Å². The van der Waals surface area contributed by atoms with Crippen molar-refractivity contribution in [2.75, 3.05) is 0 Å². The van der Waals surface area contributed by atoms with Gasteiger partial charge in [0.25, 0.3) is 0 Å². The number of hydrogen-bond donors (Lipinski definition) is 7. The summed E-state index contributed by atoms with van der Waals surface area (Å²) in [6.07, 6.45) is -0.910. The second-order valence-electron chi connectivity index (χ2n) is 9.98. The Bertz CT molecular complexity index is 1110. The molecule has 3 amide bonds. The van der Waals surface area contributed by atoms with Crippen molar-refractivity contribution in [3.63, 3.8) is 0 Å². The van der Waals surface area contributed by atoms with Crippen molar-refractivity contribution in [3.05, 3.63) is 65.7 Å². The Kier molecular flexibility index (Phi) is 11.9. The molecule has 0 radical (unpaired) electrons. The molecular formula is C28H38N4O7. The van der Waals surface area contributed by atoms with Crippen molar-refractivity contribution >= 4 is 23.7 Å². The van der Waals surface area contributed by atoms with Gasteiger partial charge in [-0.25, -0.2) is 4.79 Å². The summed E-state index contributed by atoms with van der Waals surface area (Å²) < 4.78 is 0. The number of rotatable bonds is 14. The van der Waals surface area contributed by atoms with Crippen molar-refractivity contribution in [2.24, 2.45) is 11.7 Å². The van der Waals surface area contributed by atoms with Crippen molar-refractivity contribution < 1.29 is 34.5 Å². The van der Waals surface area contributed by atoms with E-state index < -0.39 is 54.0 Å². The highest BCUT2D eigenvalue weighted by Crippen LogP contribution is 2.13. The van der Waals surface area contributed by atoms with Crippen LogP contribution in [0.5, 0.6) is 5.75 Å². The molecule has 8 N–H and O–H groups in total. The van der Waals surface area contributed by atoms with E-state index in [2.05, 4.69) is 16.0 Å². The second-order valence-corrected chi connectivity index (χ2v) is 9.98. The highest BCUT2D eigenvalue weighted by atomic mass is 16.4. The van der Waals surface area contributed by atoms with Crippen LogP contribution in [0.1, 0.15) is 38.3 Å². The lowest BCUT2D eigenvalue weighted by atomic mass is 10.0. The first-order valence-corrected chi connectivity index (χ1v) is 12.8. The Morgan fingerprint density at radius 2 is 1.21 bits per heavy atom. The fourth-order valence-electron chi connectivity index (χ4n) is 3.86. The Hall–Kier alpha value is -3.96. The maximum absolute atomic E-state index is 13.5. The number of aliphatic hydroxyl groups excluding tert-OH is 1. The summed E-state index contributed by atoms with van der Waals surface area (Å²) in [5.74, 6) is -3.35. The number of phenols is 1. The van der Waals surface area contributed by atoms with E-state index in [4.69, 9.17) is 5.73 Å². The number of carboxylic acids is 1. The largest absolute Gasteiger partial charge is 0.508 e. The lowest BCUT2D eigenvalue weighted by molar-refractivity contribution is -0.142. The first-order valence-electron chi connectivity index (χ1n) is 12.8. The average molecular weight is 543 g/mol. The van der Waals surface area contributed by atoms with Crippen LogP contribution in [0.4, 0.5) is 0 Å². The number of phenolic OH excluding ortho intramolecular Hbond substituents is 1. The molecule has 11 nitrogen and oxygen atoms in total. The summed E-state index contributed by atoms with van der Waals surface area (Å²) >= 11 is 0. The summed E-state index contributed by atoms with van der Waals surface area (Å²) in [5, 5.41) is 36.6. The van der Waals surface area contributed by atoms with Gasteiger partial charge in [-0.05, 0) is 42.5 Å². The van der Waals surface area contributed by atoms with Crippen LogP contribution in [0.25, 0.3) is 0 Å². The van der Waals surface area contributed by atoms with Gasteiger partial charge in [0.15, 0.2) is 0 Å². The molecule has 11 heteroatoms. The number of aromatic hydroxyl groups is 1. The molecule has 2 aromatic rings. The van der Waals surface area contributed by atoms with Crippen LogP contribution < -0.4 is 21.7 Å². The summed E-state index contributed by atoms with van der Waals surface area (Å²) in [5.41, 5.74) is 7.08. The number of carbonyl (C=O) groups excluding carboxylic acids is 3. The third kappa shape index (κ3) is 10.4. The molecule has 0 aliphatic rings. The summed E-state index contributed by atoms with van der Waals surface area (Å²) in [7, 11) is 0. The predicted octanol–water partition coefficient (Wildman–Crippen LogP) is 0.471. The Balaban J connectivity index is 2.33. The molecule has 0 aliphatic heterocycles. The summed E-state index contributed by atoms with van der Waals surface area (Å²) in [6.45, 7) is 5.00. The van der Waals surface area contributed by atoms with Gasteiger partial charge in [-0.15, -0.1) is 0 Å². The number of benzene rings is 2. The maximum Gasteiger partial charge on any atom is 0.326 e. The van der Waals surface area contributed by atoms with Gasteiger partial charge in [-0.1, -0.05) is 56.3 Å². The van der Waals surface area contributed by atoms with Gasteiger partial charge >= 0.3 is 5.97 Å². The van der Waals surface area contributed by atoms with Crippen LogP contribution >= 0.6 is 0 Å². The van der Waals surface area contributed by atoms with Crippen LogP contribution in [0, 0.1) is 5.92 Å². The summed E-state index contributed by atoms with van der Waals surface area (Å²) in [4.78, 5) is 51.1. The van der Waals surface area contributed by atoms with Gasteiger partial charge in [0.1, 0.15) is 29.9 Å². The fourth-order valence-corrected chi connectivity index (χ4v) is 3.86. The highest BCUT2D eigenvalue weighted by Gasteiger charge is 2.31. The number of nitrogens with two attached hydrogens (primary N) is 1. The second kappa shape index (κ2) is 14.8. The minimum absolute atomic E-state index is 0.00887. The fraction of sp³-hybridized carbons (Fsp3) is 0.429. The van der Waals surface area contributed by atoms with Crippen LogP contribution in [0.15, 0.2) is 54.6 Å². The third-order valence-corrected chi connectivity index (χ3v) is 6.07. The van der Waals surface area contributed by atoms with Gasteiger partial charge in [-0.2, -0.15) is 0 Å². The third-order valence-electron chi connectivity index (χ3n) is 6.07. The van der Waals surface area contributed by atoms with E-state index in [0.717, 1.165) is 5.56 Å². The van der Waals surface area contributed by atoms with Gasteiger partial charge in [-0.3, -0.25) is 14.4 Å². The maximum atomic E-state index is 13.5. The Morgan fingerprint density at radius 1 is 0.744 bits per heavy atom. The predicted molar refractivity (Wildman–Crippen MR) is 144 cm³/mol. The van der Waals surface area contributed by atoms with Crippen LogP contribution in [0.2, 0.25) is 0 Å². The smallest absolute Gasteiger partial charge is 0.326 e. The first-order chi connectivity index (χ1) is 18.4. The van der Waals surface area contributed by atoms with Gasteiger partial charge in [0, 0.05) is 12.8 Å². The number of carbonyl (C=O) groups is 4. The van der Waals surface area contributed by atoms with Crippen LogP contribution in [-0.4, -0.2) is 69.3 Å². The molecule has 5 atom stereocenters. The van der Waals surface area contributed by atoms with E-state index in [1.165, 1.54) is 19.1 Å². The standard InChI is InChI=1S/C28H38N4O7/c1-16(2)13-23(28(38)39)32-26(36)21(15-19-9-11-20(34)12-10-19)30-25(35)22(14-18-7-5-4-6-8-18)31-27(37)24(29)17(3)33/h4-12,16-17,21-24,33-34H,13-15,29H2,1-3H3,(H,30,35)(H,31,37)(H,32,36)(H,38,39). The molecule has 0 heterocycles. The Morgan fingerprint density at radius 3 is 1.67 bits per heavy atom. The molecule has 0 aliphatic carbocycles. The number of nitrogens with one attached hydrogen (secondary N) is 3. The van der Waals surface area contributed by atoms with E-state index in [0.29, 0.717) is 5.56 Å². The molecule has 2 rings (SSSR count). The molecule has 0 saturated heterocycles. The SMILES string of the molecule is CC(C)CC(NC(=O)C(Cc1ccc(O)cc1)NC(=O)C(Cc1ccccc1)NC(=O)C(N)C(C)O)C(=O)O. The molecule has 0 aromatic heterocycles. The highest BCUT2D eigenvalue weighted by molar-refractivity contribution is 5.94. The normalized spacial score (nSPS) is 14.9. The molecule has 39 heavy (non-hydrogen) atoms. The minimum Gasteiger partial charge on any atom is -0.508 e. The number of aliphatic hydroxyl groups is 1. The average Bonchev–Trinajstić information content (AvgIpc) is 2.88. The molecule has 0 fully saturated rings. The van der Waals surface area contributed by atoms with Crippen molar-refractivity contribution in [2.45, 2.75) is 70.3 Å². The lowest BCUT2D eigenvalue weighted by Crippen LogP contribution is -2.59. The quantitative estimate of drug-likeness (QED) is 0.179. The zero-order chi connectivity index (χ0) is 29.1. The summed E-state index contributed by atoms with van der Waals surface area (Å²) in [6, 6.07) is 10.1. The van der Waals surface area contributed by atoms with Crippen LogP contribution in [-0.2, 0) is 32.0 Å². The molecule has 2 aromatic carbocycles. The monoisotopic (exact) mass is 542 g/mol. The number of amides is 3. The molecular weight excluding hydrogens is 504 g/mol. The van der Waals surface area contributed by atoms with Crippen molar-refractivity contribution in [1.29, 1.82) is 0 Å². The van der Waals surface area contributed by atoms with Gasteiger partial charge < -0.3 is 37.0 Å². The Labute approximate surface area is 227 Å². The number of hydrogen-bond acceptors (Lipinski definition) is 7. The van der Waals surface area contributed by atoms with Gasteiger partial charge in [0.05, 0.1) is 6.10 Å². The lowest BCUT2D eigenvalue weighted by Gasteiger charge is -2.26. The molecule has 0 saturated carbocycles. The van der Waals surface area contributed by atoms with E-state index in [1.54, 1.807) is 42.5 Å². The number of carboxylic acid groups (broad SMARTS) is 1. The topological polar surface area (TPSA) is 191 Å². The van der Waals surface area contributed by atoms with E-state index >= 15 is 0 Å². The van der Waals surface area contributed by atoms with E-state index in [9.17, 15) is 34.5 Å². The zero-order valence-corrected chi connectivity index (χ0v) is 22.3. The zero-order valence-electron chi connectivity index (χ0n) is 22.3.